The van der Waals surface area contributed by atoms with Crippen LogP contribution in [0.2, 0.25) is 0 Å². The van der Waals surface area contributed by atoms with Crippen molar-refractivity contribution in [3.05, 3.63) is 23.8 Å². The van der Waals surface area contributed by atoms with E-state index in [2.05, 4.69) is 10.6 Å². The smallest absolute Gasteiger partial charge is 0.398 e. The number of amides is 1. The van der Waals surface area contributed by atoms with Crippen LogP contribution in [-0.2, 0) is 15.7 Å². The second kappa shape index (κ2) is 6.99. The van der Waals surface area contributed by atoms with E-state index in [0.717, 1.165) is 12.1 Å². The summed E-state index contributed by atoms with van der Waals surface area (Å²) >= 11 is 0. The fourth-order valence-electron chi connectivity index (χ4n) is 1.45. The summed E-state index contributed by atoms with van der Waals surface area (Å²) in [5.74, 6) is -0.340. The first-order valence-corrected chi connectivity index (χ1v) is 5.81. The Morgan fingerprint density at radius 3 is 2.70 bits per heavy atom. The molecule has 112 valence electrons. The number of anilines is 2. The molecule has 0 aliphatic heterocycles. The highest BCUT2D eigenvalue weighted by Gasteiger charge is 2.33. The van der Waals surface area contributed by atoms with Gasteiger partial charge in [-0.3, -0.25) is 4.79 Å². The van der Waals surface area contributed by atoms with Gasteiger partial charge in [0.15, 0.2) is 0 Å². The van der Waals surface area contributed by atoms with Crippen molar-refractivity contribution in [2.24, 2.45) is 0 Å². The number of carbonyl (C=O) groups is 1. The normalized spacial score (nSPS) is 11.2. The van der Waals surface area contributed by atoms with Gasteiger partial charge < -0.3 is 21.1 Å². The summed E-state index contributed by atoms with van der Waals surface area (Å²) in [7, 11) is 1.50. The first-order valence-electron chi connectivity index (χ1n) is 5.81. The Morgan fingerprint density at radius 1 is 1.40 bits per heavy atom. The highest BCUT2D eigenvalue weighted by atomic mass is 19.4. The van der Waals surface area contributed by atoms with Crippen molar-refractivity contribution in [2.45, 2.75) is 6.18 Å². The fourth-order valence-corrected chi connectivity index (χ4v) is 1.45. The largest absolute Gasteiger partial charge is 0.418 e. The zero-order valence-corrected chi connectivity index (χ0v) is 10.9. The molecule has 1 aromatic carbocycles. The Labute approximate surface area is 114 Å². The van der Waals surface area contributed by atoms with Crippen LogP contribution in [0.15, 0.2) is 18.2 Å². The number of ether oxygens (including phenoxy) is 1. The molecule has 0 aliphatic rings. The summed E-state index contributed by atoms with van der Waals surface area (Å²) in [6.45, 7) is 0.573. The number of nitrogen functional groups attached to an aromatic ring is 1. The van der Waals surface area contributed by atoms with Gasteiger partial charge in [0.25, 0.3) is 0 Å². The molecule has 0 spiro atoms. The lowest BCUT2D eigenvalue weighted by Gasteiger charge is -2.13. The van der Waals surface area contributed by atoms with Crippen LogP contribution in [0.25, 0.3) is 0 Å². The van der Waals surface area contributed by atoms with Crippen LogP contribution in [-0.4, -0.2) is 32.7 Å². The second-order valence-corrected chi connectivity index (χ2v) is 4.00. The second-order valence-electron chi connectivity index (χ2n) is 4.00. The first-order chi connectivity index (χ1) is 9.34. The Balaban J connectivity index is 2.59. The van der Waals surface area contributed by atoms with Crippen LogP contribution < -0.4 is 16.4 Å². The lowest BCUT2D eigenvalue weighted by Crippen LogP contribution is -2.32. The van der Waals surface area contributed by atoms with Crippen molar-refractivity contribution >= 4 is 17.3 Å². The van der Waals surface area contributed by atoms with Gasteiger partial charge in [0.1, 0.15) is 0 Å². The van der Waals surface area contributed by atoms with E-state index < -0.39 is 11.7 Å². The number of rotatable bonds is 6. The first kappa shape index (κ1) is 16.1. The Bertz CT molecular complexity index is 464. The third-order valence-corrected chi connectivity index (χ3v) is 2.44. The van der Waals surface area contributed by atoms with Crippen LogP contribution >= 0.6 is 0 Å². The monoisotopic (exact) mass is 291 g/mol. The minimum absolute atomic E-state index is 0.134. The number of halogens is 3. The average molecular weight is 291 g/mol. The summed E-state index contributed by atoms with van der Waals surface area (Å²) in [6, 6.07) is 3.40. The zero-order chi connectivity index (χ0) is 15.2. The van der Waals surface area contributed by atoms with Gasteiger partial charge in [0.2, 0.25) is 5.91 Å². The predicted molar refractivity (Wildman–Crippen MR) is 69.2 cm³/mol. The molecule has 0 fully saturated rings. The number of benzene rings is 1. The van der Waals surface area contributed by atoms with Crippen molar-refractivity contribution in [1.29, 1.82) is 0 Å². The number of methoxy groups -OCH3 is 1. The molecule has 4 N–H and O–H groups in total. The number of carbonyl (C=O) groups excluding carboxylic acids is 1. The molecule has 0 aromatic heterocycles. The average Bonchev–Trinajstić information content (AvgIpc) is 2.36. The molecule has 1 rings (SSSR count). The van der Waals surface area contributed by atoms with E-state index in [9.17, 15) is 18.0 Å². The van der Waals surface area contributed by atoms with Gasteiger partial charge in [-0.05, 0) is 18.2 Å². The molecule has 0 aliphatic carbocycles. The van der Waals surface area contributed by atoms with Gasteiger partial charge in [0, 0.05) is 25.0 Å². The maximum absolute atomic E-state index is 12.6. The highest BCUT2D eigenvalue weighted by Crippen LogP contribution is 2.34. The van der Waals surface area contributed by atoms with Crippen LogP contribution in [0, 0.1) is 0 Å². The van der Waals surface area contributed by atoms with Gasteiger partial charge in [0.05, 0.1) is 18.7 Å². The van der Waals surface area contributed by atoms with Crippen molar-refractivity contribution < 1.29 is 22.7 Å². The highest BCUT2D eigenvalue weighted by molar-refractivity contribution is 5.80. The topological polar surface area (TPSA) is 76.4 Å². The van der Waals surface area contributed by atoms with E-state index in [1.807, 2.05) is 0 Å². The molecule has 0 bridgehead atoms. The molecule has 20 heavy (non-hydrogen) atoms. The third-order valence-electron chi connectivity index (χ3n) is 2.44. The van der Waals surface area contributed by atoms with E-state index in [1.54, 1.807) is 0 Å². The third kappa shape index (κ3) is 4.96. The van der Waals surface area contributed by atoms with Gasteiger partial charge in [-0.15, -0.1) is 0 Å². The molecule has 0 heterocycles. The molecule has 0 saturated carbocycles. The molecular formula is C12H16F3N3O2. The van der Waals surface area contributed by atoms with Gasteiger partial charge in [-0.2, -0.15) is 13.2 Å². The molecule has 1 aromatic rings. The summed E-state index contributed by atoms with van der Waals surface area (Å²) in [6.07, 6.45) is -4.53. The van der Waals surface area contributed by atoms with E-state index in [1.165, 1.54) is 13.2 Å². The summed E-state index contributed by atoms with van der Waals surface area (Å²) in [4.78, 5) is 11.4. The molecule has 0 saturated heterocycles. The number of nitrogens with one attached hydrogen (secondary N) is 2. The van der Waals surface area contributed by atoms with E-state index >= 15 is 0 Å². The maximum Gasteiger partial charge on any atom is 0.418 e. The molecular weight excluding hydrogens is 275 g/mol. The van der Waals surface area contributed by atoms with Gasteiger partial charge in [-0.25, -0.2) is 0 Å². The van der Waals surface area contributed by atoms with E-state index in [4.69, 9.17) is 10.5 Å². The SMILES string of the molecule is COCCNC(=O)CNc1ccc(N)c(C(F)(F)F)c1. The predicted octanol–water partition coefficient (Wildman–Crippen LogP) is 1.46. The van der Waals surface area contributed by atoms with Crippen molar-refractivity contribution in [1.82, 2.24) is 5.32 Å². The lowest BCUT2D eigenvalue weighted by molar-refractivity contribution is -0.136. The standard InChI is InChI=1S/C12H16F3N3O2/c1-20-5-4-17-11(19)7-18-8-2-3-10(16)9(6-8)12(13,14)15/h2-3,6,18H,4-5,7,16H2,1H3,(H,17,19). The molecule has 1 amide bonds. The van der Waals surface area contributed by atoms with Crippen LogP contribution in [0.5, 0.6) is 0 Å². The lowest BCUT2D eigenvalue weighted by atomic mass is 10.1. The molecule has 0 unspecified atom stereocenters. The molecule has 8 heteroatoms. The molecule has 0 radical (unpaired) electrons. The maximum atomic E-state index is 12.6. The summed E-state index contributed by atoms with van der Waals surface area (Å²) in [5.41, 5.74) is 4.16. The van der Waals surface area contributed by atoms with E-state index in [0.29, 0.717) is 13.2 Å². The quantitative estimate of drug-likeness (QED) is 0.548. The molecule has 0 atom stereocenters. The Morgan fingerprint density at radius 2 is 2.10 bits per heavy atom. The van der Waals surface area contributed by atoms with E-state index in [-0.39, 0.29) is 23.8 Å². The van der Waals surface area contributed by atoms with Crippen molar-refractivity contribution in [3.8, 4) is 0 Å². The summed E-state index contributed by atoms with van der Waals surface area (Å²) in [5, 5.41) is 5.14. The number of alkyl halides is 3. The van der Waals surface area contributed by atoms with Crippen LogP contribution in [0.4, 0.5) is 24.5 Å². The fraction of sp³-hybridized carbons (Fsp3) is 0.417. The van der Waals surface area contributed by atoms with Crippen LogP contribution in [0.3, 0.4) is 0 Å². The van der Waals surface area contributed by atoms with Gasteiger partial charge >= 0.3 is 6.18 Å². The van der Waals surface area contributed by atoms with Gasteiger partial charge in [-0.1, -0.05) is 0 Å². The minimum Gasteiger partial charge on any atom is -0.398 e. The van der Waals surface area contributed by atoms with Crippen molar-refractivity contribution in [2.75, 3.05) is 37.9 Å². The Kier molecular flexibility index (Phi) is 5.63. The Hall–Kier alpha value is -1.96. The zero-order valence-electron chi connectivity index (χ0n) is 10.9. The van der Waals surface area contributed by atoms with Crippen molar-refractivity contribution in [3.63, 3.8) is 0 Å². The number of hydrogen-bond acceptors (Lipinski definition) is 4. The van der Waals surface area contributed by atoms with Crippen LogP contribution in [0.1, 0.15) is 5.56 Å². The number of hydrogen-bond donors (Lipinski definition) is 3. The molecule has 5 nitrogen and oxygen atoms in total. The number of nitrogens with two attached hydrogens (primary N) is 1. The summed E-state index contributed by atoms with van der Waals surface area (Å²) < 4.78 is 42.6. The minimum atomic E-state index is -4.53.